The summed E-state index contributed by atoms with van der Waals surface area (Å²) in [5.74, 6) is 0.909. The highest BCUT2D eigenvalue weighted by Crippen LogP contribution is 2.41. The number of hydrogen-bond donors (Lipinski definition) is 0. The molecule has 0 saturated carbocycles. The van der Waals surface area contributed by atoms with E-state index in [1.807, 2.05) is 19.9 Å². The molecule has 0 aliphatic carbocycles. The zero-order valence-electron chi connectivity index (χ0n) is 10.5. The van der Waals surface area contributed by atoms with Crippen molar-refractivity contribution in [2.24, 2.45) is 0 Å². The minimum Gasteiger partial charge on any atom is -0.496 e. The van der Waals surface area contributed by atoms with Crippen LogP contribution in [-0.2, 0) is 0 Å². The minimum atomic E-state index is 0.133. The van der Waals surface area contributed by atoms with Crippen molar-refractivity contribution in [3.05, 3.63) is 50.2 Å². The van der Waals surface area contributed by atoms with Crippen LogP contribution in [0.3, 0.4) is 0 Å². The zero-order valence-corrected chi connectivity index (χ0v) is 13.6. The fraction of sp³-hybridized carbons (Fsp3) is 0.286. The van der Waals surface area contributed by atoms with Crippen molar-refractivity contribution in [2.75, 3.05) is 7.11 Å². The van der Waals surface area contributed by atoms with E-state index in [-0.39, 0.29) is 4.83 Å². The van der Waals surface area contributed by atoms with Gasteiger partial charge >= 0.3 is 0 Å². The predicted octanol–water partition coefficient (Wildman–Crippen LogP) is 5.51. The Hall–Kier alpha value is -0.510. The number of alkyl halides is 1. The van der Waals surface area contributed by atoms with Crippen LogP contribution in [-0.4, -0.2) is 7.11 Å². The summed E-state index contributed by atoms with van der Waals surface area (Å²) in [6.45, 7) is 4.07. The second kappa shape index (κ2) is 5.64. The molecule has 1 heterocycles. The second-order valence-electron chi connectivity index (χ2n) is 4.19. The Labute approximate surface area is 125 Å². The Kier molecular flexibility index (Phi) is 4.36. The highest BCUT2D eigenvalue weighted by atomic mass is 79.9. The molecule has 2 aromatic rings. The third kappa shape index (κ3) is 2.58. The van der Waals surface area contributed by atoms with Gasteiger partial charge in [-0.05, 0) is 42.0 Å². The molecule has 0 fully saturated rings. The van der Waals surface area contributed by atoms with Gasteiger partial charge in [-0.15, -0.1) is 11.3 Å². The van der Waals surface area contributed by atoms with Crippen molar-refractivity contribution in [2.45, 2.75) is 18.7 Å². The van der Waals surface area contributed by atoms with Gasteiger partial charge in [0.15, 0.2) is 0 Å². The molecule has 0 aliphatic rings. The van der Waals surface area contributed by atoms with Gasteiger partial charge in [0.2, 0.25) is 0 Å². The van der Waals surface area contributed by atoms with Gasteiger partial charge in [0, 0.05) is 4.88 Å². The predicted molar refractivity (Wildman–Crippen MR) is 82.6 cm³/mol. The van der Waals surface area contributed by atoms with Crippen LogP contribution in [0, 0.1) is 13.8 Å². The summed E-state index contributed by atoms with van der Waals surface area (Å²) in [6, 6.07) is 6.19. The molecule has 0 saturated heterocycles. The van der Waals surface area contributed by atoms with E-state index < -0.39 is 0 Å². The van der Waals surface area contributed by atoms with E-state index in [1.165, 1.54) is 5.56 Å². The molecular weight excluding hydrogens is 332 g/mol. The number of halogens is 2. The summed E-state index contributed by atoms with van der Waals surface area (Å²) in [5, 5.41) is 2.94. The molecule has 0 radical (unpaired) electrons. The molecule has 0 bridgehead atoms. The molecule has 0 amide bonds. The maximum atomic E-state index is 6.31. The lowest BCUT2D eigenvalue weighted by atomic mass is 10.1. The highest BCUT2D eigenvalue weighted by Gasteiger charge is 2.17. The van der Waals surface area contributed by atoms with Gasteiger partial charge in [0.05, 0.1) is 17.0 Å². The molecule has 0 N–H and O–H groups in total. The smallest absolute Gasteiger partial charge is 0.121 e. The molecular formula is C14H14BrClOS. The Bertz CT molecular complexity index is 565. The topological polar surface area (TPSA) is 9.23 Å². The number of thiophene rings is 1. The van der Waals surface area contributed by atoms with Crippen LogP contribution in [0.25, 0.3) is 0 Å². The molecule has 1 nitrogen and oxygen atoms in total. The van der Waals surface area contributed by atoms with Crippen LogP contribution in [0.4, 0.5) is 0 Å². The van der Waals surface area contributed by atoms with Crippen LogP contribution in [0.15, 0.2) is 23.6 Å². The molecule has 18 heavy (non-hydrogen) atoms. The summed E-state index contributed by atoms with van der Waals surface area (Å²) in [6.07, 6.45) is 0. The fourth-order valence-electron chi connectivity index (χ4n) is 1.83. The molecule has 96 valence electrons. The third-order valence-electron chi connectivity index (χ3n) is 2.87. The van der Waals surface area contributed by atoms with E-state index in [0.717, 1.165) is 26.8 Å². The van der Waals surface area contributed by atoms with E-state index in [2.05, 4.69) is 33.4 Å². The van der Waals surface area contributed by atoms with Crippen molar-refractivity contribution in [3.8, 4) is 5.75 Å². The first-order valence-electron chi connectivity index (χ1n) is 5.56. The average Bonchev–Trinajstić information content (AvgIpc) is 2.69. The number of aryl methyl sites for hydroxylation is 2. The maximum absolute atomic E-state index is 6.31. The van der Waals surface area contributed by atoms with Gasteiger partial charge in [-0.25, -0.2) is 0 Å². The molecule has 2 rings (SSSR count). The lowest BCUT2D eigenvalue weighted by molar-refractivity contribution is 0.411. The highest BCUT2D eigenvalue weighted by molar-refractivity contribution is 9.09. The molecule has 1 atom stereocenters. The standard InChI is InChI=1S/C14H14BrClOS/c1-8-6-10(4-5-11(8)17-3)12(15)14-13(16)9(2)7-18-14/h4-7,12H,1-3H3. The lowest BCUT2D eigenvalue weighted by Gasteiger charge is -2.12. The van der Waals surface area contributed by atoms with Crippen LogP contribution < -0.4 is 4.74 Å². The van der Waals surface area contributed by atoms with Gasteiger partial charge in [0.25, 0.3) is 0 Å². The first-order valence-corrected chi connectivity index (χ1v) is 7.74. The summed E-state index contributed by atoms with van der Waals surface area (Å²) in [4.78, 5) is 1.28. The first kappa shape index (κ1) is 13.9. The van der Waals surface area contributed by atoms with Crippen LogP contribution in [0.1, 0.15) is 26.4 Å². The second-order valence-corrected chi connectivity index (χ2v) is 6.39. The van der Waals surface area contributed by atoms with E-state index in [1.54, 1.807) is 18.4 Å². The number of benzene rings is 1. The minimum absolute atomic E-state index is 0.133. The summed E-state index contributed by atoms with van der Waals surface area (Å²) >= 11 is 11.7. The van der Waals surface area contributed by atoms with Crippen LogP contribution >= 0.6 is 38.9 Å². The fourth-order valence-corrected chi connectivity index (χ4v) is 4.10. The van der Waals surface area contributed by atoms with Gasteiger partial charge in [0.1, 0.15) is 5.75 Å². The van der Waals surface area contributed by atoms with Crippen molar-refractivity contribution in [3.63, 3.8) is 0 Å². The van der Waals surface area contributed by atoms with Crippen molar-refractivity contribution < 1.29 is 4.74 Å². The van der Waals surface area contributed by atoms with E-state index in [0.29, 0.717) is 0 Å². The monoisotopic (exact) mass is 344 g/mol. The van der Waals surface area contributed by atoms with Crippen LogP contribution in [0.2, 0.25) is 5.02 Å². The van der Waals surface area contributed by atoms with Crippen molar-refractivity contribution >= 4 is 38.9 Å². The van der Waals surface area contributed by atoms with Gasteiger partial charge in [-0.2, -0.15) is 0 Å². The normalized spacial score (nSPS) is 12.5. The van der Waals surface area contributed by atoms with E-state index in [9.17, 15) is 0 Å². The molecule has 0 aliphatic heterocycles. The molecule has 4 heteroatoms. The SMILES string of the molecule is COc1ccc(C(Br)c2scc(C)c2Cl)cc1C. The molecule has 1 aromatic carbocycles. The maximum Gasteiger partial charge on any atom is 0.121 e. The van der Waals surface area contributed by atoms with Crippen molar-refractivity contribution in [1.29, 1.82) is 0 Å². The molecule has 1 aromatic heterocycles. The summed E-state index contributed by atoms with van der Waals surface area (Å²) in [7, 11) is 1.69. The van der Waals surface area contributed by atoms with Gasteiger partial charge < -0.3 is 4.74 Å². The van der Waals surface area contributed by atoms with E-state index >= 15 is 0 Å². The van der Waals surface area contributed by atoms with Crippen LogP contribution in [0.5, 0.6) is 5.75 Å². The average molecular weight is 346 g/mol. The number of ether oxygens (including phenoxy) is 1. The molecule has 0 spiro atoms. The van der Waals surface area contributed by atoms with Crippen molar-refractivity contribution in [1.82, 2.24) is 0 Å². The number of methoxy groups -OCH3 is 1. The Morgan fingerprint density at radius 1 is 1.28 bits per heavy atom. The largest absolute Gasteiger partial charge is 0.496 e. The summed E-state index contributed by atoms with van der Waals surface area (Å²) < 4.78 is 5.27. The van der Waals surface area contributed by atoms with E-state index in [4.69, 9.17) is 16.3 Å². The Morgan fingerprint density at radius 3 is 2.50 bits per heavy atom. The van der Waals surface area contributed by atoms with Gasteiger partial charge in [-0.1, -0.05) is 39.7 Å². The lowest BCUT2D eigenvalue weighted by Crippen LogP contribution is -1.94. The first-order chi connectivity index (χ1) is 8.54. The number of hydrogen-bond acceptors (Lipinski definition) is 2. The Morgan fingerprint density at radius 2 is 2.00 bits per heavy atom. The number of rotatable bonds is 3. The zero-order chi connectivity index (χ0) is 13.3. The third-order valence-corrected chi connectivity index (χ3v) is 5.94. The quantitative estimate of drug-likeness (QED) is 0.666. The van der Waals surface area contributed by atoms with Gasteiger partial charge in [-0.3, -0.25) is 0 Å². The Balaban J connectivity index is 2.37. The summed E-state index contributed by atoms with van der Waals surface area (Å²) in [5.41, 5.74) is 3.45. The molecule has 1 unspecified atom stereocenters.